The van der Waals surface area contributed by atoms with Crippen molar-refractivity contribution in [1.82, 2.24) is 9.55 Å². The van der Waals surface area contributed by atoms with Crippen molar-refractivity contribution in [2.75, 3.05) is 0 Å². The second-order valence-electron chi connectivity index (χ2n) is 6.09. The lowest BCUT2D eigenvalue weighted by atomic mass is 9.35. The van der Waals surface area contributed by atoms with Crippen LogP contribution in [0.4, 0.5) is 0 Å². The zero-order valence-corrected chi connectivity index (χ0v) is 13.0. The quantitative estimate of drug-likeness (QED) is 0.401. The molecule has 0 radical (unpaired) electrons. The minimum absolute atomic E-state index is 0.312. The van der Waals surface area contributed by atoms with Gasteiger partial charge in [-0.15, -0.1) is 0 Å². The molecule has 0 N–H and O–H groups in total. The Balaban J connectivity index is 1.84. The number of hydrogen-bond acceptors (Lipinski definition) is 2. The molecule has 2 aliphatic heterocycles. The zero-order chi connectivity index (χ0) is 15.0. The third-order valence-corrected chi connectivity index (χ3v) is 6.12. The molecule has 4 heteroatoms. The van der Waals surface area contributed by atoms with Crippen LogP contribution in [0.3, 0.4) is 0 Å². The van der Waals surface area contributed by atoms with Crippen LogP contribution in [0.2, 0.25) is 0 Å². The van der Waals surface area contributed by atoms with Crippen molar-refractivity contribution in [2.45, 2.75) is 9.79 Å². The summed E-state index contributed by atoms with van der Waals surface area (Å²) in [5.74, 6) is 0. The molecule has 0 fully saturated rings. The molecule has 0 spiro atoms. The predicted octanol–water partition coefficient (Wildman–Crippen LogP) is 2.32. The number of fused-ring (bicyclic) bond motifs is 4. The summed E-state index contributed by atoms with van der Waals surface area (Å²) in [7, 11) is 0. The fraction of sp³-hybridized carbons (Fsp3) is 0. The molecular weight excluding hydrogens is 299 g/mol. The molecule has 6 rings (SSSR count). The van der Waals surface area contributed by atoms with Gasteiger partial charge in [-0.25, -0.2) is 4.98 Å². The largest absolute Gasteiger partial charge is 0.300 e. The lowest BCUT2D eigenvalue weighted by Crippen LogP contribution is -2.58. The average Bonchev–Trinajstić information content (AvgIpc) is 3.03. The topological polar surface area (TPSA) is 17.8 Å². The monoisotopic (exact) mass is 310 g/mol. The summed E-state index contributed by atoms with van der Waals surface area (Å²) in [6.45, 7) is 0.312. The number of rotatable bonds is 0. The van der Waals surface area contributed by atoms with Gasteiger partial charge in [0.15, 0.2) is 0 Å². The highest BCUT2D eigenvalue weighted by Crippen LogP contribution is 2.33. The van der Waals surface area contributed by atoms with Crippen LogP contribution in [0.1, 0.15) is 0 Å². The van der Waals surface area contributed by atoms with Gasteiger partial charge in [0, 0.05) is 15.5 Å². The minimum atomic E-state index is 0.312. The molecule has 2 nitrogen and oxygen atoms in total. The summed E-state index contributed by atoms with van der Waals surface area (Å²) in [4.78, 5) is 7.35. The molecule has 3 heterocycles. The molecule has 0 unspecified atom stereocenters. The van der Waals surface area contributed by atoms with Crippen LogP contribution >= 0.6 is 11.8 Å². The number of imidazole rings is 1. The van der Waals surface area contributed by atoms with E-state index < -0.39 is 0 Å². The summed E-state index contributed by atoms with van der Waals surface area (Å²) in [5.41, 5.74) is 7.81. The van der Waals surface area contributed by atoms with Crippen LogP contribution in [0.25, 0.3) is 16.7 Å². The van der Waals surface area contributed by atoms with Gasteiger partial charge in [-0.2, -0.15) is 0 Å². The highest BCUT2D eigenvalue weighted by atomic mass is 32.2. The number of aromatic nitrogens is 2. The molecule has 23 heavy (non-hydrogen) atoms. The van der Waals surface area contributed by atoms with E-state index in [1.54, 1.807) is 0 Å². The molecule has 106 valence electrons. The Morgan fingerprint density at radius 2 is 1.65 bits per heavy atom. The highest BCUT2D eigenvalue weighted by Gasteiger charge is 2.38. The second kappa shape index (κ2) is 4.09. The van der Waals surface area contributed by atoms with Gasteiger partial charge in [0.1, 0.15) is 6.33 Å². The number of para-hydroxylation sites is 1. The molecule has 0 saturated carbocycles. The van der Waals surface area contributed by atoms with Gasteiger partial charge < -0.3 is 0 Å². The van der Waals surface area contributed by atoms with Gasteiger partial charge in [0.2, 0.25) is 6.71 Å². The van der Waals surface area contributed by atoms with Crippen molar-refractivity contribution >= 4 is 45.9 Å². The first-order valence-electron chi connectivity index (χ1n) is 7.78. The highest BCUT2D eigenvalue weighted by molar-refractivity contribution is 8.00. The maximum Gasteiger partial charge on any atom is 0.249 e. The number of nitrogens with zero attached hydrogens (tertiary/aromatic N) is 2. The van der Waals surface area contributed by atoms with Gasteiger partial charge in [-0.3, -0.25) is 4.57 Å². The van der Waals surface area contributed by atoms with E-state index in [1.807, 2.05) is 18.1 Å². The van der Waals surface area contributed by atoms with Gasteiger partial charge in [-0.05, 0) is 35.2 Å². The minimum Gasteiger partial charge on any atom is -0.300 e. The molecule has 3 aromatic carbocycles. The first kappa shape index (κ1) is 12.0. The Bertz CT molecular complexity index is 1120. The summed E-state index contributed by atoms with van der Waals surface area (Å²) in [5, 5.41) is 0. The third kappa shape index (κ3) is 1.40. The molecule has 0 saturated heterocycles. The fourth-order valence-corrected chi connectivity index (χ4v) is 5.21. The first-order valence-corrected chi connectivity index (χ1v) is 8.59. The Morgan fingerprint density at radius 1 is 0.826 bits per heavy atom. The Morgan fingerprint density at radius 3 is 2.65 bits per heavy atom. The van der Waals surface area contributed by atoms with Crippen molar-refractivity contribution < 1.29 is 0 Å². The van der Waals surface area contributed by atoms with E-state index >= 15 is 0 Å². The van der Waals surface area contributed by atoms with Crippen LogP contribution in [0.5, 0.6) is 0 Å². The van der Waals surface area contributed by atoms with Crippen molar-refractivity contribution in [2.24, 2.45) is 0 Å². The summed E-state index contributed by atoms with van der Waals surface area (Å²) >= 11 is 1.88. The smallest absolute Gasteiger partial charge is 0.249 e. The van der Waals surface area contributed by atoms with E-state index in [0.717, 1.165) is 5.52 Å². The van der Waals surface area contributed by atoms with Crippen molar-refractivity contribution in [3.05, 3.63) is 67.0 Å². The molecule has 0 bridgehead atoms. The lowest BCUT2D eigenvalue weighted by Gasteiger charge is -2.32. The first-order chi connectivity index (χ1) is 11.4. The van der Waals surface area contributed by atoms with Gasteiger partial charge in [0.05, 0.1) is 11.0 Å². The molecule has 0 aliphatic carbocycles. The van der Waals surface area contributed by atoms with Crippen molar-refractivity contribution in [3.63, 3.8) is 0 Å². The van der Waals surface area contributed by atoms with Crippen molar-refractivity contribution in [1.29, 1.82) is 0 Å². The molecule has 2 aliphatic rings. The SMILES string of the molecule is c1ccc2c(c1)Sc1cccc3c1B2c1cccc2ncn-3c12. The number of benzene rings is 3. The van der Waals surface area contributed by atoms with Crippen molar-refractivity contribution in [3.8, 4) is 5.69 Å². The molecule has 0 amide bonds. The Kier molecular flexibility index (Phi) is 2.14. The van der Waals surface area contributed by atoms with Crippen LogP contribution in [0, 0.1) is 0 Å². The van der Waals surface area contributed by atoms with E-state index in [4.69, 9.17) is 0 Å². The van der Waals surface area contributed by atoms with Gasteiger partial charge in [0.25, 0.3) is 0 Å². The maximum absolute atomic E-state index is 4.62. The summed E-state index contributed by atoms with van der Waals surface area (Å²) in [6.07, 6.45) is 1.96. The summed E-state index contributed by atoms with van der Waals surface area (Å²) < 4.78 is 2.26. The molecule has 0 atom stereocenters. The van der Waals surface area contributed by atoms with Crippen LogP contribution < -0.4 is 16.4 Å². The second-order valence-corrected chi connectivity index (χ2v) is 7.18. The van der Waals surface area contributed by atoms with Crippen LogP contribution in [-0.2, 0) is 0 Å². The van der Waals surface area contributed by atoms with E-state index in [0.29, 0.717) is 6.71 Å². The van der Waals surface area contributed by atoms with E-state index in [2.05, 4.69) is 70.2 Å². The lowest BCUT2D eigenvalue weighted by molar-refractivity contribution is 1.09. The normalized spacial score (nSPS) is 13.8. The standard InChI is InChI=1S/C19H11BN2S/c1-2-9-16-12(5-1)20-13-6-3-7-14-19(13)22(11-21-14)15-8-4-10-17(23-16)18(15)20/h1-11H. The third-order valence-electron chi connectivity index (χ3n) is 4.95. The summed E-state index contributed by atoms with van der Waals surface area (Å²) in [6, 6.07) is 21.9. The van der Waals surface area contributed by atoms with E-state index in [-0.39, 0.29) is 0 Å². The molecule has 4 aromatic rings. The Labute approximate surface area is 138 Å². The Hall–Kier alpha value is -2.46. The molecular formula is C19H11BN2S. The van der Waals surface area contributed by atoms with E-state index in [1.165, 1.54) is 37.4 Å². The average molecular weight is 310 g/mol. The van der Waals surface area contributed by atoms with E-state index in [9.17, 15) is 0 Å². The zero-order valence-electron chi connectivity index (χ0n) is 12.2. The fourth-order valence-electron chi connectivity index (χ4n) is 4.04. The maximum atomic E-state index is 4.62. The van der Waals surface area contributed by atoms with Gasteiger partial charge >= 0.3 is 0 Å². The predicted molar refractivity (Wildman–Crippen MR) is 96.3 cm³/mol. The van der Waals surface area contributed by atoms with Crippen LogP contribution in [0.15, 0.2) is 76.8 Å². The number of hydrogen-bond donors (Lipinski definition) is 0. The van der Waals surface area contributed by atoms with Gasteiger partial charge in [-0.1, -0.05) is 53.6 Å². The van der Waals surface area contributed by atoms with Crippen LogP contribution in [-0.4, -0.2) is 16.3 Å². The molecule has 1 aromatic heterocycles.